The fourth-order valence-electron chi connectivity index (χ4n) is 7.45. The molecule has 0 spiro atoms. The van der Waals surface area contributed by atoms with E-state index < -0.39 is 11.5 Å². The van der Waals surface area contributed by atoms with Crippen LogP contribution in [-0.4, -0.2) is 75.4 Å². The summed E-state index contributed by atoms with van der Waals surface area (Å²) in [5.74, 6) is 0.972. The van der Waals surface area contributed by atoms with Gasteiger partial charge in [-0.25, -0.2) is 0 Å². The lowest BCUT2D eigenvalue weighted by atomic mass is 9.88. The van der Waals surface area contributed by atoms with E-state index in [1.54, 1.807) is 31.3 Å². The molecule has 2 aliphatic rings. The first-order valence-electron chi connectivity index (χ1n) is 18.7. The molecule has 10 nitrogen and oxygen atoms in total. The van der Waals surface area contributed by atoms with E-state index in [0.29, 0.717) is 48.2 Å². The van der Waals surface area contributed by atoms with E-state index in [-0.39, 0.29) is 19.3 Å². The molecule has 2 saturated heterocycles. The highest BCUT2D eigenvalue weighted by atomic mass is 35.5. The smallest absolute Gasteiger partial charge is 0.323 e. The molecule has 54 heavy (non-hydrogen) atoms. The van der Waals surface area contributed by atoms with Crippen LogP contribution in [-0.2, 0) is 24.6 Å². The van der Waals surface area contributed by atoms with Crippen molar-refractivity contribution >= 4 is 17.6 Å². The lowest BCUT2D eigenvalue weighted by molar-refractivity contribution is -0.153. The summed E-state index contributed by atoms with van der Waals surface area (Å²) in [4.78, 5) is 20.8. The number of carboxylic acids is 1. The topological polar surface area (TPSA) is 128 Å². The Morgan fingerprint density at radius 3 is 2.50 bits per heavy atom. The van der Waals surface area contributed by atoms with Gasteiger partial charge in [-0.1, -0.05) is 41.9 Å². The monoisotopic (exact) mass is 752 g/mol. The Bertz CT molecular complexity index is 2000. The summed E-state index contributed by atoms with van der Waals surface area (Å²) < 4.78 is 19.0. The Hall–Kier alpha value is -4.66. The lowest BCUT2D eigenvalue weighted by Crippen LogP contribution is -2.54. The predicted molar refractivity (Wildman–Crippen MR) is 208 cm³/mol. The van der Waals surface area contributed by atoms with E-state index in [2.05, 4.69) is 41.9 Å². The van der Waals surface area contributed by atoms with Crippen molar-refractivity contribution in [3.05, 3.63) is 105 Å². The molecule has 0 radical (unpaired) electrons. The summed E-state index contributed by atoms with van der Waals surface area (Å²) in [6, 6.07) is 19.7. The number of likely N-dealkylation sites (tertiary alicyclic amines) is 2. The van der Waals surface area contributed by atoms with Crippen LogP contribution in [0.3, 0.4) is 0 Å². The molecule has 3 heterocycles. The average molecular weight is 753 g/mol. The van der Waals surface area contributed by atoms with Gasteiger partial charge in [0.15, 0.2) is 0 Å². The number of rotatable bonds is 15. The van der Waals surface area contributed by atoms with E-state index in [1.807, 2.05) is 29.2 Å². The standard InChI is InChI=1S/C43H49ClN4O6/c1-29-33(9-6-10-36(29)37-11-7-12-39(30(37)2)52-18-8-15-47-17-13-35(49)26-47)28-54-41-21-40(53-27-32-19-31(22-45)23-46-24-32)34(20-38(41)44)25-48-16-5-4-14-43(48,3)42(50)51/h6-7,9-12,19-21,23-24,35,49H,4-5,8,13-18,25-28H2,1-3H3,(H,50,51)/t35-,43?/m1/s1. The number of nitrogens with zero attached hydrogens (tertiary/aromatic N) is 4. The van der Waals surface area contributed by atoms with Gasteiger partial charge in [0, 0.05) is 55.8 Å². The zero-order chi connectivity index (χ0) is 38.2. The van der Waals surface area contributed by atoms with Gasteiger partial charge in [-0.15, -0.1) is 0 Å². The molecular formula is C43H49ClN4O6. The zero-order valence-electron chi connectivity index (χ0n) is 31.3. The highest BCUT2D eigenvalue weighted by Crippen LogP contribution is 2.38. The molecule has 2 N–H and O–H groups in total. The van der Waals surface area contributed by atoms with Gasteiger partial charge in [0.1, 0.15) is 42.1 Å². The number of aliphatic carboxylic acids is 1. The van der Waals surface area contributed by atoms with Crippen LogP contribution < -0.4 is 14.2 Å². The number of aromatic nitrogens is 1. The van der Waals surface area contributed by atoms with Gasteiger partial charge in [-0.2, -0.15) is 5.26 Å². The van der Waals surface area contributed by atoms with E-state index in [9.17, 15) is 20.3 Å². The SMILES string of the molecule is Cc1c(COc2cc(OCc3cncc(C#N)c3)c(CN3CCCCC3(C)C(=O)O)cc2Cl)cccc1-c1cccc(OCCCN2CC[C@@H](O)C2)c1C. The molecule has 2 fully saturated rings. The maximum absolute atomic E-state index is 12.4. The van der Waals surface area contributed by atoms with Crippen LogP contribution in [0.5, 0.6) is 17.2 Å². The Labute approximate surface area is 322 Å². The van der Waals surface area contributed by atoms with Crippen LogP contribution in [0.1, 0.15) is 72.4 Å². The molecule has 1 aromatic heterocycles. The van der Waals surface area contributed by atoms with Crippen molar-refractivity contribution in [3.63, 3.8) is 0 Å². The van der Waals surface area contributed by atoms with E-state index in [0.717, 1.165) is 90.0 Å². The molecule has 2 aliphatic heterocycles. The third kappa shape index (κ3) is 9.16. The highest BCUT2D eigenvalue weighted by Gasteiger charge is 2.41. The molecule has 1 unspecified atom stereocenters. The van der Waals surface area contributed by atoms with E-state index >= 15 is 0 Å². The first-order valence-corrected chi connectivity index (χ1v) is 19.1. The van der Waals surface area contributed by atoms with Crippen LogP contribution in [0, 0.1) is 25.2 Å². The Morgan fingerprint density at radius 1 is 0.963 bits per heavy atom. The van der Waals surface area contributed by atoms with Crippen molar-refractivity contribution in [2.24, 2.45) is 0 Å². The fourth-order valence-corrected chi connectivity index (χ4v) is 7.69. The largest absolute Gasteiger partial charge is 0.493 e. The van der Waals surface area contributed by atoms with Crippen molar-refractivity contribution in [3.8, 4) is 34.4 Å². The van der Waals surface area contributed by atoms with Crippen LogP contribution in [0.2, 0.25) is 5.02 Å². The van der Waals surface area contributed by atoms with Gasteiger partial charge in [0.05, 0.1) is 23.3 Å². The van der Waals surface area contributed by atoms with Gasteiger partial charge in [-0.05, 0) is 105 Å². The summed E-state index contributed by atoms with van der Waals surface area (Å²) >= 11 is 6.89. The molecule has 0 aliphatic carbocycles. The number of nitriles is 1. The lowest BCUT2D eigenvalue weighted by Gasteiger charge is -2.41. The van der Waals surface area contributed by atoms with E-state index in [1.165, 1.54) is 6.20 Å². The molecule has 3 aromatic carbocycles. The highest BCUT2D eigenvalue weighted by molar-refractivity contribution is 6.32. The van der Waals surface area contributed by atoms with Gasteiger partial charge in [0.25, 0.3) is 0 Å². The van der Waals surface area contributed by atoms with Crippen LogP contribution in [0.4, 0.5) is 0 Å². The molecule has 0 saturated carbocycles. The quantitative estimate of drug-likeness (QED) is 0.117. The maximum Gasteiger partial charge on any atom is 0.323 e. The number of aliphatic hydroxyl groups is 1. The maximum atomic E-state index is 12.4. The third-order valence-corrected chi connectivity index (χ3v) is 11.1. The minimum absolute atomic E-state index is 0.151. The Balaban J connectivity index is 1.20. The molecule has 2 atom stereocenters. The Morgan fingerprint density at radius 2 is 1.74 bits per heavy atom. The van der Waals surface area contributed by atoms with Gasteiger partial charge >= 0.3 is 5.97 Å². The second-order valence-electron chi connectivity index (χ2n) is 14.6. The van der Waals surface area contributed by atoms with Crippen LogP contribution in [0.15, 0.2) is 67.0 Å². The van der Waals surface area contributed by atoms with Gasteiger partial charge in [-0.3, -0.25) is 14.7 Å². The number of aliphatic hydroxyl groups excluding tert-OH is 1. The van der Waals surface area contributed by atoms with Gasteiger partial charge in [0.2, 0.25) is 0 Å². The summed E-state index contributed by atoms with van der Waals surface area (Å²) in [6.07, 6.45) is 6.99. The summed E-state index contributed by atoms with van der Waals surface area (Å²) in [5, 5.41) is 29.7. The van der Waals surface area contributed by atoms with Gasteiger partial charge < -0.3 is 29.3 Å². The minimum atomic E-state index is -1.01. The van der Waals surface area contributed by atoms with E-state index in [4.69, 9.17) is 25.8 Å². The number of hydrogen-bond acceptors (Lipinski definition) is 9. The van der Waals surface area contributed by atoms with Crippen LogP contribution in [0.25, 0.3) is 11.1 Å². The number of β-amino-alcohol motifs (C(OH)–C–C–N with tert-alkyl or cyclic N) is 1. The molecule has 6 rings (SSSR count). The summed E-state index contributed by atoms with van der Waals surface area (Å²) in [7, 11) is 0. The average Bonchev–Trinajstić information content (AvgIpc) is 3.59. The second kappa shape index (κ2) is 17.7. The third-order valence-electron chi connectivity index (χ3n) is 10.8. The number of hydrogen-bond donors (Lipinski definition) is 2. The molecule has 4 aromatic rings. The number of ether oxygens (including phenoxy) is 3. The molecule has 0 bridgehead atoms. The first kappa shape index (κ1) is 39.0. The number of halogens is 1. The fraction of sp³-hybridized carbons (Fsp3) is 0.419. The number of carboxylic acid groups (broad SMARTS) is 1. The Kier molecular flexibility index (Phi) is 12.8. The van der Waals surface area contributed by atoms with Crippen molar-refractivity contribution in [1.82, 2.24) is 14.8 Å². The summed E-state index contributed by atoms with van der Waals surface area (Å²) in [6.45, 7) is 10.5. The van der Waals surface area contributed by atoms with Crippen molar-refractivity contribution in [2.45, 2.75) is 84.3 Å². The van der Waals surface area contributed by atoms with Crippen molar-refractivity contribution < 1.29 is 29.2 Å². The normalized spacial score (nSPS) is 19.0. The van der Waals surface area contributed by atoms with Crippen LogP contribution >= 0.6 is 11.6 Å². The molecule has 0 amide bonds. The number of carbonyl (C=O) groups is 1. The molecule has 11 heteroatoms. The zero-order valence-corrected chi connectivity index (χ0v) is 32.1. The number of piperidine rings is 1. The molecular weight excluding hydrogens is 704 g/mol. The summed E-state index contributed by atoms with van der Waals surface area (Å²) in [5.41, 5.74) is 6.23. The first-order chi connectivity index (χ1) is 26.0. The predicted octanol–water partition coefficient (Wildman–Crippen LogP) is 7.71. The van der Waals surface area contributed by atoms with Crippen molar-refractivity contribution in [1.29, 1.82) is 5.26 Å². The minimum Gasteiger partial charge on any atom is -0.493 e. The molecule has 284 valence electrons. The number of benzene rings is 3. The number of pyridine rings is 1. The second-order valence-corrected chi connectivity index (χ2v) is 15.0. The van der Waals surface area contributed by atoms with Crippen molar-refractivity contribution in [2.75, 3.05) is 32.8 Å².